The maximum absolute atomic E-state index is 12.3. The van der Waals surface area contributed by atoms with Crippen molar-refractivity contribution in [2.75, 3.05) is 12.4 Å². The second kappa shape index (κ2) is 6.76. The number of esters is 1. The van der Waals surface area contributed by atoms with Gasteiger partial charge in [0.25, 0.3) is 0 Å². The molecule has 1 N–H and O–H groups in total. The van der Waals surface area contributed by atoms with Crippen LogP contribution in [0.25, 0.3) is 11.0 Å². The van der Waals surface area contributed by atoms with Gasteiger partial charge >= 0.3 is 5.97 Å². The first-order chi connectivity index (χ1) is 12.0. The summed E-state index contributed by atoms with van der Waals surface area (Å²) in [6.45, 7) is 4.01. The Bertz CT molecular complexity index is 942. The van der Waals surface area contributed by atoms with Crippen LogP contribution in [0.5, 0.6) is 0 Å². The number of methoxy groups -OCH3 is 1. The molecule has 0 aliphatic rings. The number of nitrogens with one attached hydrogen (secondary N) is 1. The molecule has 1 amide bonds. The smallest absolute Gasteiger partial charge is 0.337 e. The molecule has 0 spiro atoms. The van der Waals surface area contributed by atoms with Crippen molar-refractivity contribution in [3.05, 3.63) is 58.8 Å². The Kier molecular flexibility index (Phi) is 4.52. The van der Waals surface area contributed by atoms with Crippen molar-refractivity contribution >= 4 is 28.5 Å². The number of carbonyl (C=O) groups excluding carboxylic acids is 2. The van der Waals surface area contributed by atoms with Crippen LogP contribution in [0.15, 0.2) is 40.9 Å². The minimum atomic E-state index is -0.419. The molecule has 25 heavy (non-hydrogen) atoms. The van der Waals surface area contributed by atoms with Gasteiger partial charge in [0.05, 0.1) is 19.1 Å². The highest BCUT2D eigenvalue weighted by Gasteiger charge is 2.14. The molecule has 3 rings (SSSR count). The number of amides is 1. The van der Waals surface area contributed by atoms with Gasteiger partial charge in [-0.05, 0) is 61.4 Å². The molecule has 6 nitrogen and oxygen atoms in total. The molecule has 1 heterocycles. The van der Waals surface area contributed by atoms with Crippen LogP contribution in [-0.2, 0) is 16.0 Å². The predicted octanol–water partition coefficient (Wildman–Crippen LogP) is 3.41. The second-order valence-electron chi connectivity index (χ2n) is 5.86. The lowest BCUT2D eigenvalue weighted by atomic mass is 10.1. The van der Waals surface area contributed by atoms with Crippen molar-refractivity contribution in [2.45, 2.75) is 20.3 Å². The molecule has 0 aliphatic carbocycles. The fourth-order valence-electron chi connectivity index (χ4n) is 2.54. The van der Waals surface area contributed by atoms with E-state index in [4.69, 9.17) is 4.52 Å². The van der Waals surface area contributed by atoms with Crippen molar-refractivity contribution in [1.29, 1.82) is 0 Å². The number of anilines is 1. The monoisotopic (exact) mass is 338 g/mol. The van der Waals surface area contributed by atoms with E-state index >= 15 is 0 Å². The number of hydrogen-bond acceptors (Lipinski definition) is 5. The van der Waals surface area contributed by atoms with Crippen molar-refractivity contribution in [2.24, 2.45) is 0 Å². The van der Waals surface area contributed by atoms with Gasteiger partial charge in [0.15, 0.2) is 5.58 Å². The van der Waals surface area contributed by atoms with Gasteiger partial charge in [-0.2, -0.15) is 0 Å². The largest absolute Gasteiger partial charge is 0.465 e. The van der Waals surface area contributed by atoms with Crippen LogP contribution < -0.4 is 5.32 Å². The van der Waals surface area contributed by atoms with Crippen LogP contribution in [0.4, 0.5) is 5.69 Å². The number of fused-ring (bicyclic) bond motifs is 1. The molecular formula is C19H18N2O4. The fourth-order valence-corrected chi connectivity index (χ4v) is 2.54. The van der Waals surface area contributed by atoms with Crippen molar-refractivity contribution in [1.82, 2.24) is 5.16 Å². The number of aryl methyl sites for hydroxylation is 2. The fraction of sp³-hybridized carbons (Fsp3) is 0.211. The number of carbonyl (C=O) groups is 2. The standard InChI is InChI=1S/C19H18N2O4/c1-11-8-15-16(21-25-17(15)9-12(11)2)10-18(22)20-14-6-4-13(5-7-14)19(23)24-3/h4-9H,10H2,1-3H3,(H,20,22). The topological polar surface area (TPSA) is 81.4 Å². The van der Waals surface area contributed by atoms with Crippen molar-refractivity contribution < 1.29 is 18.8 Å². The Morgan fingerprint density at radius 2 is 1.80 bits per heavy atom. The average molecular weight is 338 g/mol. The van der Waals surface area contributed by atoms with Crippen LogP contribution in [0.2, 0.25) is 0 Å². The molecule has 0 unspecified atom stereocenters. The summed E-state index contributed by atoms with van der Waals surface area (Å²) < 4.78 is 9.95. The lowest BCUT2D eigenvalue weighted by molar-refractivity contribution is -0.115. The van der Waals surface area contributed by atoms with Crippen LogP contribution in [-0.4, -0.2) is 24.1 Å². The molecule has 0 radical (unpaired) electrons. The molecule has 0 bridgehead atoms. The summed E-state index contributed by atoms with van der Waals surface area (Å²) in [4.78, 5) is 23.7. The zero-order valence-corrected chi connectivity index (χ0v) is 14.3. The zero-order valence-electron chi connectivity index (χ0n) is 14.3. The molecule has 0 saturated heterocycles. The van der Waals surface area contributed by atoms with Gasteiger partial charge in [0.1, 0.15) is 5.69 Å². The molecule has 3 aromatic rings. The van der Waals surface area contributed by atoms with Gasteiger partial charge in [-0.1, -0.05) is 5.16 Å². The van der Waals surface area contributed by atoms with Gasteiger partial charge in [0.2, 0.25) is 5.91 Å². The van der Waals surface area contributed by atoms with Crippen molar-refractivity contribution in [3.63, 3.8) is 0 Å². The van der Waals surface area contributed by atoms with Gasteiger partial charge in [-0.15, -0.1) is 0 Å². The van der Waals surface area contributed by atoms with Crippen LogP contribution in [0.3, 0.4) is 0 Å². The molecule has 128 valence electrons. The number of hydrogen-bond donors (Lipinski definition) is 1. The van der Waals surface area contributed by atoms with Gasteiger partial charge in [0, 0.05) is 11.1 Å². The molecule has 0 fully saturated rings. The highest BCUT2D eigenvalue weighted by Crippen LogP contribution is 2.23. The molecule has 0 atom stereocenters. The number of rotatable bonds is 4. The van der Waals surface area contributed by atoms with E-state index in [9.17, 15) is 9.59 Å². The summed E-state index contributed by atoms with van der Waals surface area (Å²) in [5.41, 5.74) is 4.53. The van der Waals surface area contributed by atoms with E-state index in [0.29, 0.717) is 22.5 Å². The highest BCUT2D eigenvalue weighted by molar-refractivity contribution is 5.95. The van der Waals surface area contributed by atoms with E-state index in [0.717, 1.165) is 16.5 Å². The third-order valence-electron chi connectivity index (χ3n) is 4.08. The summed E-state index contributed by atoms with van der Waals surface area (Å²) in [6, 6.07) is 10.4. The number of aromatic nitrogens is 1. The molecular weight excluding hydrogens is 320 g/mol. The first-order valence-corrected chi connectivity index (χ1v) is 7.81. The number of benzene rings is 2. The molecule has 6 heteroatoms. The van der Waals surface area contributed by atoms with E-state index < -0.39 is 5.97 Å². The summed E-state index contributed by atoms with van der Waals surface area (Å²) in [7, 11) is 1.32. The first-order valence-electron chi connectivity index (χ1n) is 7.81. The SMILES string of the molecule is COC(=O)c1ccc(NC(=O)Cc2noc3cc(C)c(C)cc23)cc1. The van der Waals surface area contributed by atoms with E-state index in [1.165, 1.54) is 7.11 Å². The zero-order chi connectivity index (χ0) is 18.0. The Balaban J connectivity index is 1.72. The lowest BCUT2D eigenvalue weighted by Gasteiger charge is -2.05. The third-order valence-corrected chi connectivity index (χ3v) is 4.08. The Morgan fingerprint density at radius 3 is 2.48 bits per heavy atom. The molecule has 2 aromatic carbocycles. The van der Waals surface area contributed by atoms with Gasteiger partial charge in [-0.3, -0.25) is 4.79 Å². The number of ether oxygens (including phenoxy) is 1. The highest BCUT2D eigenvalue weighted by atomic mass is 16.5. The summed E-state index contributed by atoms with van der Waals surface area (Å²) in [5.74, 6) is -0.628. The summed E-state index contributed by atoms with van der Waals surface area (Å²) in [6.07, 6.45) is 0.105. The minimum absolute atomic E-state index is 0.105. The predicted molar refractivity (Wildman–Crippen MR) is 93.6 cm³/mol. The molecule has 0 saturated carbocycles. The van der Waals surface area contributed by atoms with E-state index in [1.54, 1.807) is 24.3 Å². The van der Waals surface area contributed by atoms with E-state index in [1.807, 2.05) is 26.0 Å². The molecule has 0 aliphatic heterocycles. The molecule has 1 aromatic heterocycles. The Morgan fingerprint density at radius 1 is 1.12 bits per heavy atom. The Hall–Kier alpha value is -3.15. The van der Waals surface area contributed by atoms with E-state index in [2.05, 4.69) is 15.2 Å². The normalized spacial score (nSPS) is 10.7. The first kappa shape index (κ1) is 16.7. The lowest BCUT2D eigenvalue weighted by Crippen LogP contribution is -2.15. The van der Waals surface area contributed by atoms with Gasteiger partial charge < -0.3 is 14.6 Å². The van der Waals surface area contributed by atoms with Crippen LogP contribution >= 0.6 is 0 Å². The summed E-state index contributed by atoms with van der Waals surface area (Å²) in [5, 5.41) is 7.64. The quantitative estimate of drug-likeness (QED) is 0.737. The second-order valence-corrected chi connectivity index (χ2v) is 5.86. The maximum Gasteiger partial charge on any atom is 0.337 e. The minimum Gasteiger partial charge on any atom is -0.465 e. The summed E-state index contributed by atoms with van der Waals surface area (Å²) >= 11 is 0. The van der Waals surface area contributed by atoms with Crippen molar-refractivity contribution in [3.8, 4) is 0 Å². The maximum atomic E-state index is 12.3. The average Bonchev–Trinajstić information content (AvgIpc) is 2.97. The van der Waals surface area contributed by atoms with E-state index in [-0.39, 0.29) is 12.3 Å². The van der Waals surface area contributed by atoms with Crippen LogP contribution in [0, 0.1) is 13.8 Å². The Labute approximate surface area is 144 Å². The van der Waals surface area contributed by atoms with Crippen LogP contribution in [0.1, 0.15) is 27.2 Å². The van der Waals surface area contributed by atoms with Gasteiger partial charge in [-0.25, -0.2) is 4.79 Å². The third kappa shape index (κ3) is 3.52. The number of nitrogens with zero attached hydrogens (tertiary/aromatic N) is 1.